The predicted octanol–water partition coefficient (Wildman–Crippen LogP) is 4.12. The Morgan fingerprint density at radius 3 is 2.00 bits per heavy atom. The van der Waals surface area contributed by atoms with Gasteiger partial charge in [0.25, 0.3) is 0 Å². The van der Waals surface area contributed by atoms with Crippen molar-refractivity contribution in [2.45, 2.75) is 32.9 Å². The van der Waals surface area contributed by atoms with Crippen molar-refractivity contribution in [2.24, 2.45) is 0 Å². The second kappa shape index (κ2) is 7.39. The van der Waals surface area contributed by atoms with Crippen LogP contribution in [0, 0.1) is 0 Å². The number of likely N-dealkylation sites (N-methyl/N-ethyl adjacent to an activating group) is 1. The van der Waals surface area contributed by atoms with Gasteiger partial charge in [-0.25, -0.2) is 0 Å². The van der Waals surface area contributed by atoms with E-state index in [0.717, 1.165) is 12.1 Å². The maximum absolute atomic E-state index is 10.4. The fourth-order valence-corrected chi connectivity index (χ4v) is 2.56. The van der Waals surface area contributed by atoms with Gasteiger partial charge in [0.2, 0.25) is 0 Å². The second-order valence-corrected chi connectivity index (χ2v) is 5.69. The highest BCUT2D eigenvalue weighted by atomic mass is 16.3. The molecule has 0 amide bonds. The van der Waals surface area contributed by atoms with Gasteiger partial charge in [-0.2, -0.15) is 0 Å². The monoisotopic (exact) mass is 283 g/mol. The third-order valence-electron chi connectivity index (χ3n) is 3.95. The Kier molecular flexibility index (Phi) is 5.54. The lowest BCUT2D eigenvalue weighted by Gasteiger charge is -2.27. The number of benzene rings is 2. The maximum Gasteiger partial charge on any atom is 0.0917 e. The topological polar surface area (TPSA) is 23.5 Å². The van der Waals surface area contributed by atoms with E-state index in [-0.39, 0.29) is 0 Å². The largest absolute Gasteiger partial charge is 0.387 e. The lowest BCUT2D eigenvalue weighted by Crippen LogP contribution is -2.34. The summed E-state index contributed by atoms with van der Waals surface area (Å²) in [7, 11) is 0. The lowest BCUT2D eigenvalue weighted by molar-refractivity contribution is 0.0992. The van der Waals surface area contributed by atoms with E-state index in [2.05, 4.69) is 49.9 Å². The highest BCUT2D eigenvalue weighted by molar-refractivity contribution is 5.63. The Morgan fingerprint density at radius 2 is 1.48 bits per heavy atom. The quantitative estimate of drug-likeness (QED) is 0.862. The van der Waals surface area contributed by atoms with E-state index in [9.17, 15) is 5.11 Å². The van der Waals surface area contributed by atoms with Crippen molar-refractivity contribution < 1.29 is 5.11 Å². The molecule has 0 bridgehead atoms. The summed E-state index contributed by atoms with van der Waals surface area (Å²) in [4.78, 5) is 2.27. The van der Waals surface area contributed by atoms with Crippen LogP contribution >= 0.6 is 0 Å². The average molecular weight is 283 g/mol. The molecular weight excluding hydrogens is 258 g/mol. The maximum atomic E-state index is 10.4. The molecule has 1 atom stereocenters. The first-order valence-electron chi connectivity index (χ1n) is 7.69. The summed E-state index contributed by atoms with van der Waals surface area (Å²) in [5.74, 6) is 0. The second-order valence-electron chi connectivity index (χ2n) is 5.69. The van der Waals surface area contributed by atoms with Crippen molar-refractivity contribution in [3.63, 3.8) is 0 Å². The predicted molar refractivity (Wildman–Crippen MR) is 89.2 cm³/mol. The molecule has 0 aliphatic carbocycles. The SMILES string of the molecule is CCN(CC(O)c1ccc(-c2ccccc2)cc1)C(C)C. The van der Waals surface area contributed by atoms with Gasteiger partial charge in [-0.15, -0.1) is 0 Å². The van der Waals surface area contributed by atoms with E-state index in [1.807, 2.05) is 30.3 Å². The van der Waals surface area contributed by atoms with Crippen molar-refractivity contribution in [3.8, 4) is 11.1 Å². The summed E-state index contributed by atoms with van der Waals surface area (Å²) in [5.41, 5.74) is 3.37. The summed E-state index contributed by atoms with van der Waals surface area (Å²) in [6, 6.07) is 19.0. The lowest BCUT2D eigenvalue weighted by atomic mass is 10.0. The van der Waals surface area contributed by atoms with Crippen LogP contribution in [0.25, 0.3) is 11.1 Å². The highest BCUT2D eigenvalue weighted by Crippen LogP contribution is 2.22. The van der Waals surface area contributed by atoms with E-state index in [1.54, 1.807) is 0 Å². The zero-order chi connectivity index (χ0) is 15.2. The molecule has 2 rings (SSSR count). The number of aliphatic hydroxyl groups excluding tert-OH is 1. The smallest absolute Gasteiger partial charge is 0.0917 e. The van der Waals surface area contributed by atoms with Crippen molar-refractivity contribution in [3.05, 3.63) is 60.2 Å². The summed E-state index contributed by atoms with van der Waals surface area (Å²) >= 11 is 0. The number of hydrogen-bond donors (Lipinski definition) is 1. The Labute approximate surface area is 128 Å². The van der Waals surface area contributed by atoms with Gasteiger partial charge in [0.15, 0.2) is 0 Å². The van der Waals surface area contributed by atoms with Crippen LogP contribution in [-0.2, 0) is 0 Å². The van der Waals surface area contributed by atoms with Gasteiger partial charge in [-0.3, -0.25) is 4.90 Å². The molecule has 0 saturated heterocycles. The molecule has 112 valence electrons. The molecule has 0 aliphatic heterocycles. The molecule has 2 nitrogen and oxygen atoms in total. The number of aliphatic hydroxyl groups is 1. The molecule has 0 aromatic heterocycles. The third kappa shape index (κ3) is 4.16. The molecule has 0 fully saturated rings. The molecule has 21 heavy (non-hydrogen) atoms. The van der Waals surface area contributed by atoms with Crippen LogP contribution in [0.15, 0.2) is 54.6 Å². The fraction of sp³-hybridized carbons (Fsp3) is 0.368. The van der Waals surface area contributed by atoms with Crippen LogP contribution in [0.4, 0.5) is 0 Å². The Bertz CT molecular complexity index is 533. The van der Waals surface area contributed by atoms with Crippen LogP contribution in [0.3, 0.4) is 0 Å². The Balaban J connectivity index is 2.08. The molecule has 0 aliphatic rings. The van der Waals surface area contributed by atoms with E-state index in [4.69, 9.17) is 0 Å². The minimum atomic E-state index is -0.433. The summed E-state index contributed by atoms with van der Waals surface area (Å²) in [5, 5.41) is 10.4. The molecule has 2 heteroatoms. The Hall–Kier alpha value is -1.64. The average Bonchev–Trinajstić information content (AvgIpc) is 2.53. The van der Waals surface area contributed by atoms with Crippen LogP contribution in [0.1, 0.15) is 32.4 Å². The molecule has 2 aromatic carbocycles. The van der Waals surface area contributed by atoms with E-state index >= 15 is 0 Å². The molecule has 1 N–H and O–H groups in total. The zero-order valence-electron chi connectivity index (χ0n) is 13.2. The van der Waals surface area contributed by atoms with Gasteiger partial charge in [-0.1, -0.05) is 61.5 Å². The molecule has 2 aromatic rings. The van der Waals surface area contributed by atoms with Gasteiger partial charge in [0.05, 0.1) is 6.10 Å². The van der Waals surface area contributed by atoms with Gasteiger partial charge < -0.3 is 5.11 Å². The van der Waals surface area contributed by atoms with E-state index in [0.29, 0.717) is 12.6 Å². The van der Waals surface area contributed by atoms with Crippen molar-refractivity contribution >= 4 is 0 Å². The summed E-state index contributed by atoms with van der Waals surface area (Å²) in [6.07, 6.45) is -0.433. The fourth-order valence-electron chi connectivity index (χ4n) is 2.56. The third-order valence-corrected chi connectivity index (χ3v) is 3.95. The summed E-state index contributed by atoms with van der Waals surface area (Å²) in [6.45, 7) is 8.09. The molecule has 0 radical (unpaired) electrons. The van der Waals surface area contributed by atoms with Gasteiger partial charge >= 0.3 is 0 Å². The molecule has 0 heterocycles. The van der Waals surface area contributed by atoms with Crippen molar-refractivity contribution in [1.82, 2.24) is 4.90 Å². The standard InChI is InChI=1S/C19H25NO/c1-4-20(15(2)3)14-19(21)18-12-10-17(11-13-18)16-8-6-5-7-9-16/h5-13,15,19,21H,4,14H2,1-3H3. The summed E-state index contributed by atoms with van der Waals surface area (Å²) < 4.78 is 0. The number of nitrogens with zero attached hydrogens (tertiary/aromatic N) is 1. The van der Waals surface area contributed by atoms with Crippen LogP contribution in [0.2, 0.25) is 0 Å². The Morgan fingerprint density at radius 1 is 0.905 bits per heavy atom. The minimum absolute atomic E-state index is 0.433. The molecule has 1 unspecified atom stereocenters. The molecule has 0 saturated carbocycles. The van der Waals surface area contributed by atoms with Crippen molar-refractivity contribution in [1.29, 1.82) is 0 Å². The van der Waals surface area contributed by atoms with Crippen LogP contribution in [0.5, 0.6) is 0 Å². The first-order chi connectivity index (χ1) is 10.1. The first-order valence-corrected chi connectivity index (χ1v) is 7.69. The first kappa shape index (κ1) is 15.7. The number of hydrogen-bond acceptors (Lipinski definition) is 2. The van der Waals surface area contributed by atoms with Crippen LogP contribution in [-0.4, -0.2) is 29.1 Å². The highest BCUT2D eigenvalue weighted by Gasteiger charge is 2.14. The van der Waals surface area contributed by atoms with Gasteiger partial charge in [-0.05, 0) is 37.1 Å². The normalized spacial score (nSPS) is 12.9. The molecular formula is C19H25NO. The van der Waals surface area contributed by atoms with Crippen LogP contribution < -0.4 is 0 Å². The molecule has 0 spiro atoms. The van der Waals surface area contributed by atoms with E-state index in [1.165, 1.54) is 11.1 Å². The zero-order valence-corrected chi connectivity index (χ0v) is 13.2. The number of rotatable bonds is 6. The van der Waals surface area contributed by atoms with E-state index < -0.39 is 6.10 Å². The van der Waals surface area contributed by atoms with Crippen molar-refractivity contribution in [2.75, 3.05) is 13.1 Å². The minimum Gasteiger partial charge on any atom is -0.387 e. The van der Waals surface area contributed by atoms with Gasteiger partial charge in [0.1, 0.15) is 0 Å². The van der Waals surface area contributed by atoms with Gasteiger partial charge in [0, 0.05) is 12.6 Å².